The molecule has 3 N–H and O–H groups in total. The number of hydrogen-bond donors (Lipinski definition) is 3. The second-order valence-corrected chi connectivity index (χ2v) is 12.6. The number of carboxylic acid groups (broad SMARTS) is 1. The third-order valence-corrected chi connectivity index (χ3v) is 8.09. The fraction of sp³-hybridized carbons (Fsp3) is 0.250. The average Bonchev–Trinajstić information content (AvgIpc) is 3.29. The maximum absolute atomic E-state index is 13.9. The molecule has 2 heterocycles. The predicted octanol–water partition coefficient (Wildman–Crippen LogP) is 5.95. The van der Waals surface area contributed by atoms with Gasteiger partial charge in [-0.1, -0.05) is 48.5 Å². The van der Waals surface area contributed by atoms with Crippen molar-refractivity contribution in [2.75, 3.05) is 7.05 Å². The molecule has 0 aliphatic carbocycles. The largest absolute Gasteiger partial charge is 0.508 e. The number of benzene rings is 4. The summed E-state index contributed by atoms with van der Waals surface area (Å²) in [5.41, 5.74) is 0.441. The van der Waals surface area contributed by atoms with Crippen molar-refractivity contribution in [3.8, 4) is 23.0 Å². The van der Waals surface area contributed by atoms with E-state index in [9.17, 15) is 29.7 Å². The van der Waals surface area contributed by atoms with Gasteiger partial charge in [0.1, 0.15) is 28.6 Å². The van der Waals surface area contributed by atoms with Crippen molar-refractivity contribution in [2.24, 2.45) is 0 Å². The minimum absolute atomic E-state index is 0.00502. The minimum atomic E-state index is -1.48. The van der Waals surface area contributed by atoms with Gasteiger partial charge in [-0.2, -0.15) is 0 Å². The molecule has 0 fully saturated rings. The van der Waals surface area contributed by atoms with E-state index in [1.54, 1.807) is 82.4 Å². The first-order chi connectivity index (χ1) is 22.3. The first-order valence-electron chi connectivity index (χ1n) is 15.0. The van der Waals surface area contributed by atoms with Crippen molar-refractivity contribution in [2.45, 2.75) is 51.0 Å². The Labute approximate surface area is 271 Å². The van der Waals surface area contributed by atoms with E-state index in [2.05, 4.69) is 0 Å². The van der Waals surface area contributed by atoms with Crippen molar-refractivity contribution >= 4 is 18.0 Å². The Bertz CT molecular complexity index is 1830. The number of hydrazine groups is 1. The maximum Gasteiger partial charge on any atom is 0.425 e. The van der Waals surface area contributed by atoms with E-state index in [0.717, 1.165) is 5.01 Å². The Morgan fingerprint density at radius 3 is 2.06 bits per heavy atom. The molecule has 6 rings (SSSR count). The molecule has 242 valence electrons. The summed E-state index contributed by atoms with van der Waals surface area (Å²) in [6.45, 7) is 5.02. The van der Waals surface area contributed by atoms with Crippen LogP contribution in [0.2, 0.25) is 0 Å². The zero-order valence-corrected chi connectivity index (χ0v) is 26.3. The summed E-state index contributed by atoms with van der Waals surface area (Å²) in [6, 6.07) is 21.8. The van der Waals surface area contributed by atoms with E-state index in [1.807, 2.05) is 6.07 Å². The van der Waals surface area contributed by atoms with Crippen LogP contribution in [0.15, 0.2) is 84.9 Å². The molecule has 11 nitrogen and oxygen atoms in total. The summed E-state index contributed by atoms with van der Waals surface area (Å²) in [5, 5.41) is 33.3. The molecule has 0 bridgehead atoms. The number of carbonyl (C=O) groups is 3. The zero-order valence-electron chi connectivity index (χ0n) is 26.3. The number of phenols is 2. The van der Waals surface area contributed by atoms with Crippen LogP contribution in [0, 0.1) is 0 Å². The molecule has 4 aromatic carbocycles. The van der Waals surface area contributed by atoms with E-state index in [-0.39, 0.29) is 41.5 Å². The lowest BCUT2D eigenvalue weighted by Crippen LogP contribution is -2.55. The number of amides is 1. The molecule has 0 radical (unpaired) electrons. The Morgan fingerprint density at radius 1 is 0.872 bits per heavy atom. The van der Waals surface area contributed by atoms with Gasteiger partial charge in [-0.25, -0.2) is 24.4 Å². The van der Waals surface area contributed by atoms with E-state index in [4.69, 9.17) is 14.2 Å². The highest BCUT2D eigenvalue weighted by Gasteiger charge is 2.54. The van der Waals surface area contributed by atoms with Crippen molar-refractivity contribution < 1.29 is 43.9 Å². The SMILES string of the molecule is CN(Cc1cccc2c1C(=O)OC21c2ccc(O)cc2Oc2cc(O)ccc21)N(C(=O)OC(C)(C)C)C(Cc1ccccc1)C(=O)O. The number of phenolic OH excluding ortho intramolecular Hbond substituents is 2. The van der Waals surface area contributed by atoms with Crippen LogP contribution >= 0.6 is 0 Å². The van der Waals surface area contributed by atoms with Gasteiger partial charge in [0.05, 0.1) is 5.56 Å². The highest BCUT2D eigenvalue weighted by atomic mass is 16.6. The maximum atomic E-state index is 13.9. The number of aliphatic carboxylic acids is 1. The lowest BCUT2D eigenvalue weighted by Gasteiger charge is -2.37. The van der Waals surface area contributed by atoms with Crippen molar-refractivity contribution in [1.29, 1.82) is 0 Å². The Hall–Kier alpha value is -5.55. The smallest absolute Gasteiger partial charge is 0.425 e. The number of fused-ring (bicyclic) bond motifs is 6. The molecule has 11 heteroatoms. The molecule has 4 aromatic rings. The fourth-order valence-electron chi connectivity index (χ4n) is 6.20. The normalized spacial score (nSPS) is 14.8. The molecule has 0 aromatic heterocycles. The van der Waals surface area contributed by atoms with Crippen LogP contribution in [-0.2, 0) is 32.8 Å². The van der Waals surface area contributed by atoms with Gasteiger partial charge >= 0.3 is 18.0 Å². The minimum Gasteiger partial charge on any atom is -0.508 e. The number of nitrogens with zero attached hydrogens (tertiary/aromatic N) is 2. The van der Waals surface area contributed by atoms with Crippen molar-refractivity contribution in [3.63, 3.8) is 0 Å². The van der Waals surface area contributed by atoms with Gasteiger partial charge in [-0.15, -0.1) is 0 Å². The van der Waals surface area contributed by atoms with Gasteiger partial charge < -0.3 is 29.5 Å². The molecule has 47 heavy (non-hydrogen) atoms. The Kier molecular flexibility index (Phi) is 7.80. The highest BCUT2D eigenvalue weighted by Crippen LogP contribution is 2.57. The van der Waals surface area contributed by atoms with Gasteiger partial charge in [-0.05, 0) is 56.2 Å². The van der Waals surface area contributed by atoms with E-state index >= 15 is 0 Å². The third-order valence-electron chi connectivity index (χ3n) is 8.09. The first kappa shape index (κ1) is 31.4. The lowest BCUT2D eigenvalue weighted by molar-refractivity contribution is -0.151. The van der Waals surface area contributed by atoms with Crippen LogP contribution in [0.5, 0.6) is 23.0 Å². The van der Waals surface area contributed by atoms with Crippen LogP contribution in [0.3, 0.4) is 0 Å². The van der Waals surface area contributed by atoms with Crippen LogP contribution < -0.4 is 4.74 Å². The number of aromatic hydroxyl groups is 2. The van der Waals surface area contributed by atoms with Gasteiger partial charge in [0, 0.05) is 48.8 Å². The van der Waals surface area contributed by atoms with Crippen LogP contribution in [0.1, 0.15) is 58.9 Å². The van der Waals surface area contributed by atoms with Crippen LogP contribution in [-0.4, -0.2) is 62.1 Å². The number of rotatable bonds is 7. The Balaban J connectivity index is 1.44. The van der Waals surface area contributed by atoms with Crippen LogP contribution in [0.4, 0.5) is 4.79 Å². The van der Waals surface area contributed by atoms with Gasteiger partial charge in [0.2, 0.25) is 0 Å². The van der Waals surface area contributed by atoms with E-state index in [0.29, 0.717) is 27.8 Å². The summed E-state index contributed by atoms with van der Waals surface area (Å²) in [7, 11) is 1.56. The standard InChI is InChI=1S/C36H34N2O9/c1-35(2,3)47-34(44)38(28(32(41)42)17-21-9-6-5-7-10-21)37(4)20-22-11-8-12-27-31(22)33(43)46-36(27)25-15-13-23(39)18-29(25)45-30-19-24(40)14-16-26(30)36/h5-16,18-19,28,39-40H,17,20H2,1-4H3,(H,41,42). The predicted molar refractivity (Wildman–Crippen MR) is 169 cm³/mol. The van der Waals surface area contributed by atoms with E-state index < -0.39 is 35.3 Å². The molecule has 1 unspecified atom stereocenters. The topological polar surface area (TPSA) is 146 Å². The second kappa shape index (κ2) is 11.7. The summed E-state index contributed by atoms with van der Waals surface area (Å²) < 4.78 is 18.0. The quantitative estimate of drug-likeness (QED) is 0.164. The number of hydrogen-bond acceptors (Lipinski definition) is 9. The number of carbonyl (C=O) groups excluding carboxylic acids is 2. The number of carboxylic acids is 1. The van der Waals surface area contributed by atoms with Gasteiger partial charge in [-0.3, -0.25) is 0 Å². The molecule has 2 aliphatic heterocycles. The molecule has 1 atom stereocenters. The third kappa shape index (κ3) is 5.70. The van der Waals surface area contributed by atoms with E-state index in [1.165, 1.54) is 29.3 Å². The average molecular weight is 639 g/mol. The summed E-state index contributed by atoms with van der Waals surface area (Å²) >= 11 is 0. The van der Waals surface area contributed by atoms with Crippen molar-refractivity contribution in [1.82, 2.24) is 10.0 Å². The summed E-state index contributed by atoms with van der Waals surface area (Å²) in [6.07, 6.45) is -0.854. The zero-order chi connectivity index (χ0) is 33.7. The summed E-state index contributed by atoms with van der Waals surface area (Å²) in [4.78, 5) is 40.2. The molecule has 0 saturated heterocycles. The molecular weight excluding hydrogens is 604 g/mol. The van der Waals surface area contributed by atoms with Crippen LogP contribution in [0.25, 0.3) is 0 Å². The molecule has 1 spiro atoms. The van der Waals surface area contributed by atoms with Crippen molar-refractivity contribution in [3.05, 3.63) is 118 Å². The molecule has 1 amide bonds. The summed E-state index contributed by atoms with van der Waals surface area (Å²) in [5.74, 6) is -1.52. The van der Waals surface area contributed by atoms with Gasteiger partial charge in [0.15, 0.2) is 11.6 Å². The lowest BCUT2D eigenvalue weighted by atomic mass is 9.77. The molecule has 2 aliphatic rings. The molecule has 0 saturated carbocycles. The highest BCUT2D eigenvalue weighted by molar-refractivity contribution is 5.98. The Morgan fingerprint density at radius 2 is 1.49 bits per heavy atom. The fourth-order valence-corrected chi connectivity index (χ4v) is 6.20. The number of ether oxygens (including phenoxy) is 3. The second-order valence-electron chi connectivity index (χ2n) is 12.6. The molecular formula is C36H34N2O9. The van der Waals surface area contributed by atoms with Gasteiger partial charge in [0.25, 0.3) is 0 Å². The number of esters is 1. The monoisotopic (exact) mass is 638 g/mol. The first-order valence-corrected chi connectivity index (χ1v) is 15.0.